The highest BCUT2D eigenvalue weighted by molar-refractivity contribution is 6.08. The van der Waals surface area contributed by atoms with E-state index >= 15 is 0 Å². The molecule has 1 aromatic carbocycles. The smallest absolute Gasteiger partial charge is 0.253 e. The van der Waals surface area contributed by atoms with Gasteiger partial charge in [0.1, 0.15) is 0 Å². The number of amides is 1. The van der Waals surface area contributed by atoms with Gasteiger partial charge in [0.25, 0.3) is 5.91 Å². The van der Waals surface area contributed by atoms with Crippen molar-refractivity contribution < 1.29 is 4.79 Å². The Hall–Kier alpha value is -1.77. The van der Waals surface area contributed by atoms with E-state index < -0.39 is 0 Å². The monoisotopic (exact) mass is 244 g/mol. The number of carbonyl (C=O) groups excluding carboxylic acids is 1. The molecule has 3 heteroatoms. The first-order valence-corrected chi connectivity index (χ1v) is 6.36. The third-order valence-corrected chi connectivity index (χ3v) is 3.04. The van der Waals surface area contributed by atoms with Gasteiger partial charge in [-0.15, -0.1) is 0 Å². The van der Waals surface area contributed by atoms with Crippen molar-refractivity contribution in [2.75, 3.05) is 6.54 Å². The van der Waals surface area contributed by atoms with Gasteiger partial charge in [-0.05, 0) is 31.4 Å². The van der Waals surface area contributed by atoms with E-state index in [0.717, 1.165) is 22.2 Å². The number of nitrogens with one attached hydrogen (secondary N) is 2. The lowest BCUT2D eigenvalue weighted by Gasteiger charge is -2.07. The number of carbonyl (C=O) groups is 1. The Morgan fingerprint density at radius 3 is 2.72 bits per heavy atom. The predicted molar refractivity (Wildman–Crippen MR) is 74.9 cm³/mol. The number of hydrogen-bond donors (Lipinski definition) is 2. The van der Waals surface area contributed by atoms with E-state index in [1.54, 1.807) is 0 Å². The molecule has 2 N–H and O–H groups in total. The summed E-state index contributed by atoms with van der Waals surface area (Å²) in [5.41, 5.74) is 3.92. The number of fused-ring (bicyclic) bond motifs is 1. The van der Waals surface area contributed by atoms with E-state index in [-0.39, 0.29) is 5.91 Å². The molecule has 0 bridgehead atoms. The van der Waals surface area contributed by atoms with Crippen LogP contribution in [0.5, 0.6) is 0 Å². The summed E-state index contributed by atoms with van der Waals surface area (Å²) in [6.45, 7) is 8.88. The maximum atomic E-state index is 12.2. The van der Waals surface area contributed by atoms with Crippen molar-refractivity contribution in [1.29, 1.82) is 0 Å². The van der Waals surface area contributed by atoms with Crippen LogP contribution in [0.15, 0.2) is 18.2 Å². The van der Waals surface area contributed by atoms with Crippen LogP contribution < -0.4 is 5.32 Å². The fourth-order valence-electron chi connectivity index (χ4n) is 2.12. The Bertz CT molecular complexity index is 581. The van der Waals surface area contributed by atoms with Gasteiger partial charge in [-0.3, -0.25) is 4.79 Å². The second-order valence-corrected chi connectivity index (χ2v) is 5.28. The molecule has 0 fully saturated rings. The first kappa shape index (κ1) is 12.7. The van der Waals surface area contributed by atoms with Crippen LogP contribution in [-0.2, 0) is 0 Å². The van der Waals surface area contributed by atoms with Crippen molar-refractivity contribution in [2.24, 2.45) is 5.92 Å². The van der Waals surface area contributed by atoms with Crippen molar-refractivity contribution in [3.63, 3.8) is 0 Å². The molecule has 1 heterocycles. The van der Waals surface area contributed by atoms with Crippen LogP contribution in [0.25, 0.3) is 10.9 Å². The van der Waals surface area contributed by atoms with Crippen molar-refractivity contribution in [1.82, 2.24) is 10.3 Å². The van der Waals surface area contributed by atoms with Crippen LogP contribution >= 0.6 is 0 Å². The summed E-state index contributed by atoms with van der Waals surface area (Å²) in [5.74, 6) is 0.470. The van der Waals surface area contributed by atoms with Crippen LogP contribution in [0.4, 0.5) is 0 Å². The standard InChI is InChI=1S/C15H20N2O/c1-9(2)8-16-15(18)14-11(4)17-13-7-10(3)5-6-12(13)14/h5-7,9,17H,8H2,1-4H3,(H,16,18). The van der Waals surface area contributed by atoms with Gasteiger partial charge in [-0.25, -0.2) is 0 Å². The Balaban J connectivity index is 2.38. The van der Waals surface area contributed by atoms with Gasteiger partial charge in [0.05, 0.1) is 5.56 Å². The molecule has 96 valence electrons. The number of aryl methyl sites for hydroxylation is 2. The van der Waals surface area contributed by atoms with Crippen LogP contribution in [0, 0.1) is 19.8 Å². The molecule has 0 saturated carbocycles. The van der Waals surface area contributed by atoms with Crippen molar-refractivity contribution in [2.45, 2.75) is 27.7 Å². The summed E-state index contributed by atoms with van der Waals surface area (Å²) in [6, 6.07) is 6.12. The fraction of sp³-hybridized carbons (Fsp3) is 0.400. The van der Waals surface area contributed by atoms with Crippen LogP contribution in [0.3, 0.4) is 0 Å². The first-order chi connectivity index (χ1) is 8.49. The van der Waals surface area contributed by atoms with Crippen LogP contribution in [0.1, 0.15) is 35.5 Å². The second-order valence-electron chi connectivity index (χ2n) is 5.28. The number of benzene rings is 1. The van der Waals surface area contributed by atoms with E-state index in [4.69, 9.17) is 0 Å². The molecule has 0 saturated heterocycles. The van der Waals surface area contributed by atoms with Gasteiger partial charge in [-0.1, -0.05) is 26.0 Å². The lowest BCUT2D eigenvalue weighted by Crippen LogP contribution is -2.27. The number of aromatic nitrogens is 1. The molecule has 18 heavy (non-hydrogen) atoms. The molecule has 1 amide bonds. The molecule has 0 unspecified atom stereocenters. The number of aromatic amines is 1. The zero-order valence-corrected chi connectivity index (χ0v) is 11.4. The topological polar surface area (TPSA) is 44.9 Å². The number of H-pyrrole nitrogens is 1. The molecule has 0 aliphatic rings. The highest BCUT2D eigenvalue weighted by atomic mass is 16.1. The Labute approximate surface area is 108 Å². The van der Waals surface area contributed by atoms with E-state index in [0.29, 0.717) is 12.5 Å². The van der Waals surface area contributed by atoms with E-state index in [1.807, 2.05) is 26.0 Å². The first-order valence-electron chi connectivity index (χ1n) is 6.36. The molecule has 0 atom stereocenters. The summed E-state index contributed by atoms with van der Waals surface area (Å²) in [6.07, 6.45) is 0. The third-order valence-electron chi connectivity index (χ3n) is 3.04. The summed E-state index contributed by atoms with van der Waals surface area (Å²) >= 11 is 0. The minimum absolute atomic E-state index is 0.0105. The lowest BCUT2D eigenvalue weighted by molar-refractivity contribution is 0.0950. The summed E-state index contributed by atoms with van der Waals surface area (Å²) in [4.78, 5) is 15.5. The van der Waals surface area contributed by atoms with Gasteiger partial charge < -0.3 is 10.3 Å². The highest BCUT2D eigenvalue weighted by Gasteiger charge is 2.15. The van der Waals surface area contributed by atoms with Crippen molar-refractivity contribution in [3.8, 4) is 0 Å². The largest absolute Gasteiger partial charge is 0.358 e. The van der Waals surface area contributed by atoms with Crippen LogP contribution in [0.2, 0.25) is 0 Å². The minimum atomic E-state index is 0.0105. The summed E-state index contributed by atoms with van der Waals surface area (Å²) < 4.78 is 0. The maximum Gasteiger partial charge on any atom is 0.253 e. The SMILES string of the molecule is Cc1ccc2c(C(=O)NCC(C)C)c(C)[nH]c2c1. The van der Waals surface area contributed by atoms with Gasteiger partial charge in [-0.2, -0.15) is 0 Å². The molecule has 2 aromatic rings. The summed E-state index contributed by atoms with van der Waals surface area (Å²) in [7, 11) is 0. The van der Waals surface area contributed by atoms with Crippen molar-refractivity contribution >= 4 is 16.8 Å². The molecule has 3 nitrogen and oxygen atoms in total. The van der Waals surface area contributed by atoms with Gasteiger partial charge in [0.15, 0.2) is 0 Å². The quantitative estimate of drug-likeness (QED) is 0.855. The average molecular weight is 244 g/mol. The van der Waals surface area contributed by atoms with Gasteiger partial charge in [0.2, 0.25) is 0 Å². The second kappa shape index (κ2) is 4.84. The molecular formula is C15H20N2O. The van der Waals surface area contributed by atoms with E-state index in [1.165, 1.54) is 5.56 Å². The molecule has 0 radical (unpaired) electrons. The molecular weight excluding hydrogens is 224 g/mol. The number of rotatable bonds is 3. The Morgan fingerprint density at radius 2 is 2.06 bits per heavy atom. The van der Waals surface area contributed by atoms with Crippen molar-refractivity contribution in [3.05, 3.63) is 35.0 Å². The highest BCUT2D eigenvalue weighted by Crippen LogP contribution is 2.23. The molecule has 1 aromatic heterocycles. The number of hydrogen-bond acceptors (Lipinski definition) is 1. The average Bonchev–Trinajstić information content (AvgIpc) is 2.61. The zero-order chi connectivity index (χ0) is 13.3. The van der Waals surface area contributed by atoms with E-state index in [2.05, 4.69) is 30.2 Å². The predicted octanol–water partition coefficient (Wildman–Crippen LogP) is 3.17. The normalized spacial score (nSPS) is 11.2. The molecule has 2 rings (SSSR count). The molecule has 0 spiro atoms. The fourth-order valence-corrected chi connectivity index (χ4v) is 2.12. The maximum absolute atomic E-state index is 12.2. The third kappa shape index (κ3) is 2.40. The molecule has 0 aliphatic carbocycles. The lowest BCUT2D eigenvalue weighted by atomic mass is 10.1. The Morgan fingerprint density at radius 1 is 1.33 bits per heavy atom. The zero-order valence-electron chi connectivity index (χ0n) is 11.4. The summed E-state index contributed by atoms with van der Waals surface area (Å²) in [5, 5.41) is 3.97. The van der Waals surface area contributed by atoms with E-state index in [9.17, 15) is 4.79 Å². The molecule has 0 aliphatic heterocycles. The van der Waals surface area contributed by atoms with Crippen LogP contribution in [-0.4, -0.2) is 17.4 Å². The minimum Gasteiger partial charge on any atom is -0.358 e. The van der Waals surface area contributed by atoms with Gasteiger partial charge in [0, 0.05) is 23.1 Å². The Kier molecular flexibility index (Phi) is 3.41. The van der Waals surface area contributed by atoms with Gasteiger partial charge >= 0.3 is 0 Å².